The Morgan fingerprint density at radius 2 is 1.64 bits per heavy atom. The Bertz CT molecular complexity index is 643. The summed E-state index contributed by atoms with van der Waals surface area (Å²) < 4.78 is 5.28. The average Bonchev–Trinajstić information content (AvgIpc) is 2.49. The van der Waals surface area contributed by atoms with Gasteiger partial charge in [-0.2, -0.15) is 0 Å². The van der Waals surface area contributed by atoms with E-state index in [0.29, 0.717) is 10.6 Å². The zero-order valence-corrected chi connectivity index (χ0v) is 14.3. The van der Waals surface area contributed by atoms with Gasteiger partial charge in [0.2, 0.25) is 0 Å². The number of halogens is 3. The van der Waals surface area contributed by atoms with E-state index in [1.807, 2.05) is 12.1 Å². The van der Waals surface area contributed by atoms with E-state index in [2.05, 4.69) is 6.92 Å². The number of benzene rings is 2. The van der Waals surface area contributed by atoms with Crippen LogP contribution in [0.4, 0.5) is 0 Å². The second-order valence-corrected chi connectivity index (χ2v) is 6.14. The fraction of sp³-hybridized carbons (Fsp3) is 0.235. The Balaban J connectivity index is 2.12. The van der Waals surface area contributed by atoms with Crippen molar-refractivity contribution in [3.8, 4) is 5.75 Å². The SMILES string of the molecule is CCCCc1ccc(C(=O)Oc2c(Cl)cc(Cl)cc2Cl)cc1. The third-order valence-corrected chi connectivity index (χ3v) is 3.95. The van der Waals surface area contributed by atoms with Gasteiger partial charge in [0.1, 0.15) is 0 Å². The maximum Gasteiger partial charge on any atom is 0.343 e. The third-order valence-electron chi connectivity index (χ3n) is 3.17. The van der Waals surface area contributed by atoms with Crippen molar-refractivity contribution in [2.45, 2.75) is 26.2 Å². The molecular formula is C17H15Cl3O2. The van der Waals surface area contributed by atoms with Gasteiger partial charge in [-0.3, -0.25) is 0 Å². The predicted octanol–water partition coefficient (Wildman–Crippen LogP) is 6.21. The first-order valence-corrected chi connectivity index (χ1v) is 8.10. The first-order valence-electron chi connectivity index (χ1n) is 6.97. The van der Waals surface area contributed by atoms with Crippen LogP contribution in [0.15, 0.2) is 36.4 Å². The molecule has 0 saturated heterocycles. The Labute approximate surface area is 144 Å². The fourth-order valence-electron chi connectivity index (χ4n) is 1.97. The third kappa shape index (κ3) is 4.39. The van der Waals surface area contributed by atoms with Crippen molar-refractivity contribution >= 4 is 40.8 Å². The lowest BCUT2D eigenvalue weighted by Crippen LogP contribution is -2.09. The lowest BCUT2D eigenvalue weighted by atomic mass is 10.1. The molecule has 2 rings (SSSR count). The molecule has 0 aliphatic rings. The Kier molecular flexibility index (Phi) is 6.13. The first-order chi connectivity index (χ1) is 10.5. The monoisotopic (exact) mass is 356 g/mol. The van der Waals surface area contributed by atoms with Gasteiger partial charge >= 0.3 is 5.97 Å². The molecule has 0 atom stereocenters. The lowest BCUT2D eigenvalue weighted by Gasteiger charge is -2.09. The molecule has 22 heavy (non-hydrogen) atoms. The summed E-state index contributed by atoms with van der Waals surface area (Å²) in [4.78, 5) is 12.2. The van der Waals surface area contributed by atoms with Crippen LogP contribution in [0, 0.1) is 0 Å². The van der Waals surface area contributed by atoms with Crippen LogP contribution in [0.25, 0.3) is 0 Å². The average molecular weight is 358 g/mol. The summed E-state index contributed by atoms with van der Waals surface area (Å²) in [6, 6.07) is 10.3. The number of rotatable bonds is 5. The highest BCUT2D eigenvalue weighted by molar-refractivity contribution is 6.40. The molecule has 0 aliphatic carbocycles. The molecule has 2 aromatic rings. The summed E-state index contributed by atoms with van der Waals surface area (Å²) in [7, 11) is 0. The van der Waals surface area contributed by atoms with Crippen LogP contribution in [-0.2, 0) is 6.42 Å². The highest BCUT2D eigenvalue weighted by Gasteiger charge is 2.15. The van der Waals surface area contributed by atoms with Gasteiger partial charge < -0.3 is 4.74 Å². The maximum atomic E-state index is 12.2. The normalized spacial score (nSPS) is 10.5. The largest absolute Gasteiger partial charge is 0.420 e. The summed E-state index contributed by atoms with van der Waals surface area (Å²) in [6.45, 7) is 2.14. The number of ether oxygens (including phenoxy) is 1. The molecule has 0 aliphatic heterocycles. The minimum absolute atomic E-state index is 0.118. The summed E-state index contributed by atoms with van der Waals surface area (Å²) in [5, 5.41) is 0.783. The van der Waals surface area contributed by atoms with E-state index in [4.69, 9.17) is 39.5 Å². The van der Waals surface area contributed by atoms with Crippen molar-refractivity contribution in [3.05, 3.63) is 62.6 Å². The number of hydrogen-bond donors (Lipinski definition) is 0. The van der Waals surface area contributed by atoms with E-state index < -0.39 is 5.97 Å². The maximum absolute atomic E-state index is 12.2. The Morgan fingerprint density at radius 3 is 2.18 bits per heavy atom. The van der Waals surface area contributed by atoms with E-state index in [0.717, 1.165) is 19.3 Å². The van der Waals surface area contributed by atoms with Crippen LogP contribution in [0.3, 0.4) is 0 Å². The quantitative estimate of drug-likeness (QED) is 0.470. The molecule has 0 fully saturated rings. The molecule has 0 aromatic heterocycles. The standard InChI is InChI=1S/C17H15Cl3O2/c1-2-3-4-11-5-7-12(8-6-11)17(21)22-16-14(19)9-13(18)10-15(16)20/h5-10H,2-4H2,1H3. The molecule has 2 nitrogen and oxygen atoms in total. The summed E-state index contributed by atoms with van der Waals surface area (Å²) in [6.07, 6.45) is 3.26. The van der Waals surface area contributed by atoms with Gasteiger partial charge in [-0.05, 0) is 42.7 Å². The zero-order valence-electron chi connectivity index (χ0n) is 12.0. The summed E-state index contributed by atoms with van der Waals surface area (Å²) >= 11 is 17.8. The van der Waals surface area contributed by atoms with E-state index in [-0.39, 0.29) is 15.8 Å². The lowest BCUT2D eigenvalue weighted by molar-refractivity contribution is 0.0735. The van der Waals surface area contributed by atoms with E-state index >= 15 is 0 Å². The van der Waals surface area contributed by atoms with Crippen LogP contribution < -0.4 is 4.74 Å². The number of carbonyl (C=O) groups excluding carboxylic acids is 1. The van der Waals surface area contributed by atoms with Gasteiger partial charge in [0.25, 0.3) is 0 Å². The van der Waals surface area contributed by atoms with Crippen molar-refractivity contribution in [3.63, 3.8) is 0 Å². The van der Waals surface area contributed by atoms with Gasteiger partial charge in [-0.15, -0.1) is 0 Å². The Morgan fingerprint density at radius 1 is 1.05 bits per heavy atom. The molecule has 0 radical (unpaired) electrons. The molecule has 116 valence electrons. The summed E-state index contributed by atoms with van der Waals surface area (Å²) in [5.41, 5.74) is 1.64. The molecule has 5 heteroatoms. The molecule has 0 bridgehead atoms. The number of carbonyl (C=O) groups is 1. The van der Waals surface area contributed by atoms with Gasteiger partial charge in [-0.1, -0.05) is 60.3 Å². The second kappa shape index (κ2) is 7.87. The fourth-order valence-corrected chi connectivity index (χ4v) is 2.86. The van der Waals surface area contributed by atoms with Crippen molar-refractivity contribution < 1.29 is 9.53 Å². The molecule has 0 unspecified atom stereocenters. The number of unbranched alkanes of at least 4 members (excludes halogenated alkanes) is 1. The highest BCUT2D eigenvalue weighted by atomic mass is 35.5. The second-order valence-electron chi connectivity index (χ2n) is 4.89. The van der Waals surface area contributed by atoms with E-state index in [1.165, 1.54) is 17.7 Å². The van der Waals surface area contributed by atoms with E-state index in [9.17, 15) is 4.79 Å². The van der Waals surface area contributed by atoms with Gasteiger partial charge in [0.15, 0.2) is 5.75 Å². The van der Waals surface area contributed by atoms with Crippen LogP contribution in [-0.4, -0.2) is 5.97 Å². The molecule has 0 spiro atoms. The van der Waals surface area contributed by atoms with Crippen molar-refractivity contribution in [2.24, 2.45) is 0 Å². The molecule has 0 saturated carbocycles. The highest BCUT2D eigenvalue weighted by Crippen LogP contribution is 2.36. The topological polar surface area (TPSA) is 26.3 Å². The molecule has 0 amide bonds. The zero-order chi connectivity index (χ0) is 16.1. The van der Waals surface area contributed by atoms with Crippen LogP contribution >= 0.6 is 34.8 Å². The van der Waals surface area contributed by atoms with Gasteiger partial charge in [0, 0.05) is 5.02 Å². The first kappa shape index (κ1) is 17.1. The predicted molar refractivity (Wildman–Crippen MR) is 91.5 cm³/mol. The van der Waals surface area contributed by atoms with Gasteiger partial charge in [-0.25, -0.2) is 4.79 Å². The van der Waals surface area contributed by atoms with Crippen LogP contribution in [0.2, 0.25) is 15.1 Å². The smallest absolute Gasteiger partial charge is 0.343 e. The molecule has 0 heterocycles. The van der Waals surface area contributed by atoms with Gasteiger partial charge in [0.05, 0.1) is 15.6 Å². The molecule has 2 aromatic carbocycles. The van der Waals surface area contributed by atoms with Crippen LogP contribution in [0.1, 0.15) is 35.7 Å². The number of hydrogen-bond acceptors (Lipinski definition) is 2. The minimum atomic E-state index is -0.506. The minimum Gasteiger partial charge on any atom is -0.420 e. The number of esters is 1. The van der Waals surface area contributed by atoms with Crippen molar-refractivity contribution in [2.75, 3.05) is 0 Å². The summed E-state index contributed by atoms with van der Waals surface area (Å²) in [5.74, 6) is -0.388. The van der Waals surface area contributed by atoms with E-state index in [1.54, 1.807) is 12.1 Å². The number of aryl methyl sites for hydroxylation is 1. The van der Waals surface area contributed by atoms with Crippen LogP contribution in [0.5, 0.6) is 5.75 Å². The van der Waals surface area contributed by atoms with Crippen molar-refractivity contribution in [1.82, 2.24) is 0 Å². The molecular weight excluding hydrogens is 343 g/mol. The Hall–Kier alpha value is -1.22. The molecule has 0 N–H and O–H groups in total. The van der Waals surface area contributed by atoms with Crippen molar-refractivity contribution in [1.29, 1.82) is 0 Å².